The molecule has 1 atom stereocenters. The smallest absolute Gasteiger partial charge is 0.336 e. The van der Waals surface area contributed by atoms with Crippen LogP contribution in [-0.4, -0.2) is 24.0 Å². The summed E-state index contributed by atoms with van der Waals surface area (Å²) in [5, 5.41) is 4.11. The standard InChI is InChI=1S/C25H27NO5/c1-4-6-14-11-19(28)30-24-20(14)23-17(8-9-25(2,3)31-23)22-21(24)18(27)13-16(29-22)12-15-7-5-10-26-15/h8-9,11-12,15,26H,4-7,10,13H2,1-3H3. The van der Waals surface area contributed by atoms with Gasteiger partial charge >= 0.3 is 5.63 Å². The second-order valence-corrected chi connectivity index (χ2v) is 9.07. The maximum absolute atomic E-state index is 13.3. The number of hydrogen-bond acceptors (Lipinski definition) is 6. The summed E-state index contributed by atoms with van der Waals surface area (Å²) < 4.78 is 18.3. The monoisotopic (exact) mass is 421 g/mol. The van der Waals surface area contributed by atoms with Gasteiger partial charge in [-0.05, 0) is 63.4 Å². The van der Waals surface area contributed by atoms with E-state index >= 15 is 0 Å². The highest BCUT2D eigenvalue weighted by Crippen LogP contribution is 2.49. The maximum Gasteiger partial charge on any atom is 0.336 e. The molecule has 1 saturated heterocycles. The third-order valence-corrected chi connectivity index (χ3v) is 6.08. The molecule has 162 valence electrons. The van der Waals surface area contributed by atoms with Gasteiger partial charge in [-0.1, -0.05) is 13.3 Å². The van der Waals surface area contributed by atoms with Crippen LogP contribution in [0.25, 0.3) is 17.0 Å². The summed E-state index contributed by atoms with van der Waals surface area (Å²) >= 11 is 0. The number of aryl methyl sites for hydroxylation is 1. The van der Waals surface area contributed by atoms with E-state index in [1.54, 1.807) is 0 Å². The highest BCUT2D eigenvalue weighted by molar-refractivity contribution is 6.14. The van der Waals surface area contributed by atoms with Crippen molar-refractivity contribution in [3.05, 3.63) is 51.1 Å². The SMILES string of the molecule is CCCc1cc(=O)oc2c3c(c4c(c12)OC(C)(C)C=C4)OC(=CC1CCCN1)CC3=O. The van der Waals surface area contributed by atoms with Crippen molar-refractivity contribution >= 4 is 22.8 Å². The molecule has 31 heavy (non-hydrogen) atoms. The van der Waals surface area contributed by atoms with Crippen molar-refractivity contribution in [3.63, 3.8) is 0 Å². The summed E-state index contributed by atoms with van der Waals surface area (Å²) in [5.41, 5.74) is 1.19. The maximum atomic E-state index is 13.3. The summed E-state index contributed by atoms with van der Waals surface area (Å²) in [5.74, 6) is 1.56. The third kappa shape index (κ3) is 3.49. The van der Waals surface area contributed by atoms with Crippen LogP contribution in [0.2, 0.25) is 0 Å². The summed E-state index contributed by atoms with van der Waals surface area (Å²) in [4.78, 5) is 25.7. The summed E-state index contributed by atoms with van der Waals surface area (Å²) in [6.07, 6.45) is 9.75. The third-order valence-electron chi connectivity index (χ3n) is 6.08. The van der Waals surface area contributed by atoms with Gasteiger partial charge in [-0.2, -0.15) is 0 Å². The zero-order valence-corrected chi connectivity index (χ0v) is 18.2. The largest absolute Gasteiger partial charge is 0.482 e. The molecule has 6 heteroatoms. The molecule has 1 aromatic carbocycles. The first-order chi connectivity index (χ1) is 14.9. The topological polar surface area (TPSA) is 77.8 Å². The van der Waals surface area contributed by atoms with Crippen molar-refractivity contribution in [1.82, 2.24) is 5.32 Å². The van der Waals surface area contributed by atoms with Crippen molar-refractivity contribution in [1.29, 1.82) is 0 Å². The van der Waals surface area contributed by atoms with E-state index in [2.05, 4.69) is 12.2 Å². The fraction of sp³-hybridized carbons (Fsp3) is 0.440. The Kier molecular flexibility index (Phi) is 4.77. The van der Waals surface area contributed by atoms with Crippen LogP contribution in [0.3, 0.4) is 0 Å². The number of Topliss-reactive ketones (excluding diaryl/α,β-unsaturated/α-hetero) is 1. The molecule has 0 radical (unpaired) electrons. The lowest BCUT2D eigenvalue weighted by Gasteiger charge is -2.32. The fourth-order valence-electron chi connectivity index (χ4n) is 4.69. The molecule has 6 nitrogen and oxygen atoms in total. The van der Waals surface area contributed by atoms with Crippen molar-refractivity contribution in [2.75, 3.05) is 6.54 Å². The second-order valence-electron chi connectivity index (χ2n) is 9.07. The zero-order chi connectivity index (χ0) is 21.8. The Hall–Kier alpha value is -2.86. The molecular formula is C25H27NO5. The average molecular weight is 421 g/mol. The highest BCUT2D eigenvalue weighted by atomic mass is 16.5. The molecule has 2 aromatic rings. The molecule has 0 spiro atoms. The summed E-state index contributed by atoms with van der Waals surface area (Å²) in [6.45, 7) is 6.97. The predicted octanol–water partition coefficient (Wildman–Crippen LogP) is 4.53. The van der Waals surface area contributed by atoms with Gasteiger partial charge in [-0.3, -0.25) is 4.79 Å². The van der Waals surface area contributed by atoms with Crippen LogP contribution < -0.4 is 20.4 Å². The lowest BCUT2D eigenvalue weighted by molar-refractivity contribution is 0.0963. The summed E-state index contributed by atoms with van der Waals surface area (Å²) in [6, 6.07) is 1.72. The van der Waals surface area contributed by atoms with E-state index in [9.17, 15) is 9.59 Å². The molecule has 0 saturated carbocycles. The molecule has 3 aliphatic heterocycles. The van der Waals surface area contributed by atoms with Gasteiger partial charge in [0.2, 0.25) is 0 Å². The summed E-state index contributed by atoms with van der Waals surface area (Å²) in [7, 11) is 0. The van der Waals surface area contributed by atoms with Gasteiger partial charge in [-0.25, -0.2) is 4.79 Å². The lowest BCUT2D eigenvalue weighted by Crippen LogP contribution is -2.29. The van der Waals surface area contributed by atoms with E-state index in [0.29, 0.717) is 34.6 Å². The van der Waals surface area contributed by atoms with Crippen LogP contribution in [0.4, 0.5) is 0 Å². The highest BCUT2D eigenvalue weighted by Gasteiger charge is 2.36. The number of allylic oxidation sites excluding steroid dienone is 1. The van der Waals surface area contributed by atoms with Crippen molar-refractivity contribution < 1.29 is 18.7 Å². The van der Waals surface area contributed by atoms with Crippen LogP contribution in [0.15, 0.2) is 33.2 Å². The van der Waals surface area contributed by atoms with Gasteiger partial charge in [0.25, 0.3) is 0 Å². The Morgan fingerprint density at radius 3 is 2.84 bits per heavy atom. The van der Waals surface area contributed by atoms with Gasteiger partial charge in [-0.15, -0.1) is 0 Å². The van der Waals surface area contributed by atoms with E-state index in [4.69, 9.17) is 13.9 Å². The second kappa shape index (κ2) is 7.38. The molecule has 1 aromatic heterocycles. The number of benzene rings is 1. The molecule has 5 rings (SSSR count). The minimum atomic E-state index is -0.529. The molecule has 0 bridgehead atoms. The van der Waals surface area contributed by atoms with Crippen molar-refractivity contribution in [2.45, 2.75) is 64.5 Å². The van der Waals surface area contributed by atoms with Crippen LogP contribution in [0, 0.1) is 0 Å². The zero-order valence-electron chi connectivity index (χ0n) is 18.2. The van der Waals surface area contributed by atoms with Crippen LogP contribution >= 0.6 is 0 Å². The first kappa shape index (κ1) is 20.1. The van der Waals surface area contributed by atoms with Crippen molar-refractivity contribution in [3.8, 4) is 11.5 Å². The molecule has 0 amide bonds. The van der Waals surface area contributed by atoms with Gasteiger partial charge in [0.1, 0.15) is 22.7 Å². The Bertz CT molecular complexity index is 1190. The first-order valence-electron chi connectivity index (χ1n) is 11.1. The number of carbonyl (C=O) groups is 1. The minimum absolute atomic E-state index is 0.103. The molecule has 1 unspecified atom stereocenters. The predicted molar refractivity (Wildman–Crippen MR) is 119 cm³/mol. The fourth-order valence-corrected chi connectivity index (χ4v) is 4.69. The van der Waals surface area contributed by atoms with Gasteiger partial charge < -0.3 is 19.2 Å². The number of ether oxygens (including phenoxy) is 2. The average Bonchev–Trinajstić information content (AvgIpc) is 3.19. The van der Waals surface area contributed by atoms with Gasteiger partial charge in [0.15, 0.2) is 17.1 Å². The van der Waals surface area contributed by atoms with E-state index in [-0.39, 0.29) is 23.8 Å². The normalized spacial score (nSPS) is 22.9. The van der Waals surface area contributed by atoms with Crippen LogP contribution in [-0.2, 0) is 6.42 Å². The molecule has 1 fully saturated rings. The molecule has 0 aliphatic carbocycles. The minimum Gasteiger partial charge on any atom is -0.482 e. The Labute approximate surface area is 180 Å². The number of fused-ring (bicyclic) bond motifs is 6. The molecule has 4 heterocycles. The molecule has 1 N–H and O–H groups in total. The first-order valence-corrected chi connectivity index (χ1v) is 11.1. The Morgan fingerprint density at radius 2 is 2.10 bits per heavy atom. The van der Waals surface area contributed by atoms with E-state index in [0.717, 1.165) is 36.9 Å². The number of nitrogens with one attached hydrogen (secondary N) is 1. The van der Waals surface area contributed by atoms with Gasteiger partial charge in [0.05, 0.1) is 17.4 Å². The molecule has 3 aliphatic rings. The van der Waals surface area contributed by atoms with E-state index < -0.39 is 11.2 Å². The van der Waals surface area contributed by atoms with E-state index in [1.807, 2.05) is 32.1 Å². The van der Waals surface area contributed by atoms with Crippen LogP contribution in [0.1, 0.15) is 67.9 Å². The molecular weight excluding hydrogens is 394 g/mol. The Morgan fingerprint density at radius 1 is 1.26 bits per heavy atom. The van der Waals surface area contributed by atoms with Crippen molar-refractivity contribution in [2.24, 2.45) is 0 Å². The number of rotatable bonds is 3. The quantitative estimate of drug-likeness (QED) is 0.734. The number of carbonyl (C=O) groups excluding carboxylic acids is 1. The number of hydrogen-bond donors (Lipinski definition) is 1. The lowest BCUT2D eigenvalue weighted by atomic mass is 9.90. The van der Waals surface area contributed by atoms with Crippen LogP contribution in [0.5, 0.6) is 11.5 Å². The van der Waals surface area contributed by atoms with Gasteiger partial charge in [0, 0.05) is 12.1 Å². The number of ketones is 1. The Balaban J connectivity index is 1.78. The van der Waals surface area contributed by atoms with E-state index in [1.165, 1.54) is 6.07 Å².